The fourth-order valence-electron chi connectivity index (χ4n) is 5.69. The van der Waals surface area contributed by atoms with Gasteiger partial charge in [0.15, 0.2) is 15.4 Å². The van der Waals surface area contributed by atoms with Crippen molar-refractivity contribution in [1.82, 2.24) is 14.9 Å². The van der Waals surface area contributed by atoms with E-state index in [1.54, 1.807) is 68.0 Å². The lowest BCUT2D eigenvalue weighted by Crippen LogP contribution is -2.40. The first-order valence-corrected chi connectivity index (χ1v) is 17.2. The maximum Gasteiger partial charge on any atom is 0.179 e. The molecule has 0 fully saturated rings. The molecule has 0 aliphatic carbocycles. The Bertz CT molecular complexity index is 2060. The number of rotatable bonds is 13. The fourth-order valence-corrected chi connectivity index (χ4v) is 7.29. The number of halogens is 2. The molecule has 1 aromatic heterocycles. The van der Waals surface area contributed by atoms with E-state index < -0.39 is 15.4 Å². The van der Waals surface area contributed by atoms with Crippen molar-refractivity contribution in [3.05, 3.63) is 126 Å². The minimum atomic E-state index is -3.45. The van der Waals surface area contributed by atoms with E-state index in [2.05, 4.69) is 15.3 Å². The first kappa shape index (κ1) is 33.2. The van der Waals surface area contributed by atoms with E-state index >= 15 is 0 Å². The van der Waals surface area contributed by atoms with E-state index in [-0.39, 0.29) is 18.2 Å². The largest absolute Gasteiger partial charge is 0.496 e. The molecule has 0 saturated carbocycles. The summed E-state index contributed by atoms with van der Waals surface area (Å²) in [5.41, 5.74) is 1.94. The second-order valence-corrected chi connectivity index (χ2v) is 14.1. The first-order chi connectivity index (χ1) is 23.2. The highest BCUT2D eigenvalue weighted by Gasteiger charge is 2.40. The third-order valence-corrected chi connectivity index (χ3v) is 10.1. The molecule has 1 aliphatic rings. The van der Waals surface area contributed by atoms with Crippen LogP contribution in [0.5, 0.6) is 11.5 Å². The van der Waals surface area contributed by atoms with Gasteiger partial charge in [0.2, 0.25) is 0 Å². The number of ether oxygens (including phenoxy) is 3. The first-order valence-electron chi connectivity index (χ1n) is 15.2. The number of anilines is 2. The predicted molar refractivity (Wildman–Crippen MR) is 184 cm³/mol. The number of methoxy groups -OCH3 is 1. The number of aromatic nitrogens is 2. The van der Waals surface area contributed by atoms with E-state index in [4.69, 9.17) is 25.8 Å². The number of nitrogens with zero attached hydrogens (tertiary/aromatic N) is 3. The number of hydrogen-bond donors (Lipinski definition) is 1. The lowest BCUT2D eigenvalue weighted by atomic mass is 9.88. The van der Waals surface area contributed by atoms with Crippen LogP contribution in [0.1, 0.15) is 17.5 Å². The van der Waals surface area contributed by atoms with Crippen molar-refractivity contribution < 1.29 is 27.0 Å². The standard InChI is InChI=1S/C36H34ClFN4O5S/c1-42(15-17-48(43,44)28-10-4-3-5-11-28)23-36(14-7-16-47-36)30-20-29-32(21-34(30)45-2)39-24-40-35(29)41-27-12-13-33(31(37)19-27)46-22-25-8-6-9-26(38)18-25/h3-13,16,18-21,24H,14-15,17,22-23H2,1-2H3,(H,39,40,41). The number of likely N-dealkylation sites (N-methyl/N-ethyl adjacent to an activating group) is 1. The molecule has 5 aromatic rings. The topological polar surface area (TPSA) is 103 Å². The van der Waals surface area contributed by atoms with Gasteiger partial charge in [0.1, 0.15) is 36.1 Å². The zero-order chi connectivity index (χ0) is 33.7. The van der Waals surface area contributed by atoms with Crippen LogP contribution >= 0.6 is 11.6 Å². The van der Waals surface area contributed by atoms with Crippen LogP contribution in [0.2, 0.25) is 5.02 Å². The Hall–Kier alpha value is -4.71. The van der Waals surface area contributed by atoms with Gasteiger partial charge in [0.05, 0.1) is 34.6 Å². The summed E-state index contributed by atoms with van der Waals surface area (Å²) in [5, 5.41) is 4.44. The Morgan fingerprint density at radius 1 is 1.02 bits per heavy atom. The van der Waals surface area contributed by atoms with Crippen molar-refractivity contribution in [2.75, 3.05) is 38.3 Å². The normalized spacial score (nSPS) is 15.9. The zero-order valence-corrected chi connectivity index (χ0v) is 28.0. The highest BCUT2D eigenvalue weighted by Crippen LogP contribution is 2.43. The van der Waals surface area contributed by atoms with Crippen molar-refractivity contribution in [2.24, 2.45) is 0 Å². The Kier molecular flexibility index (Phi) is 9.81. The molecule has 0 bridgehead atoms. The van der Waals surface area contributed by atoms with Gasteiger partial charge >= 0.3 is 0 Å². The van der Waals surface area contributed by atoms with Crippen LogP contribution in [-0.4, -0.2) is 56.3 Å². The number of nitrogens with one attached hydrogen (secondary N) is 1. The van der Waals surface area contributed by atoms with E-state index in [1.165, 1.54) is 18.5 Å². The molecule has 248 valence electrons. The molecular formula is C36H34ClFN4O5S. The summed E-state index contributed by atoms with van der Waals surface area (Å²) in [6.45, 7) is 0.869. The molecule has 1 unspecified atom stereocenters. The predicted octanol–water partition coefficient (Wildman–Crippen LogP) is 7.29. The smallest absolute Gasteiger partial charge is 0.179 e. The van der Waals surface area contributed by atoms with Crippen molar-refractivity contribution in [3.63, 3.8) is 0 Å². The summed E-state index contributed by atoms with van der Waals surface area (Å²) in [4.78, 5) is 11.3. The third kappa shape index (κ3) is 7.38. The zero-order valence-electron chi connectivity index (χ0n) is 26.4. The summed E-state index contributed by atoms with van der Waals surface area (Å²) in [5.74, 6) is 1.22. The lowest BCUT2D eigenvalue weighted by Gasteiger charge is -2.34. The summed E-state index contributed by atoms with van der Waals surface area (Å²) in [7, 11) is 0.0197. The van der Waals surface area contributed by atoms with Crippen molar-refractivity contribution in [1.29, 1.82) is 0 Å². The molecule has 1 atom stereocenters. The number of sulfone groups is 1. The van der Waals surface area contributed by atoms with Crippen LogP contribution in [0.4, 0.5) is 15.9 Å². The minimum absolute atomic E-state index is 0.0367. The minimum Gasteiger partial charge on any atom is -0.496 e. The Labute approximate surface area is 283 Å². The number of hydrogen-bond acceptors (Lipinski definition) is 9. The van der Waals surface area contributed by atoms with Gasteiger partial charge < -0.3 is 24.4 Å². The van der Waals surface area contributed by atoms with Crippen LogP contribution in [0.25, 0.3) is 10.9 Å². The maximum atomic E-state index is 13.6. The van der Waals surface area contributed by atoms with E-state index in [0.29, 0.717) is 63.5 Å². The van der Waals surface area contributed by atoms with E-state index in [1.807, 2.05) is 36.2 Å². The van der Waals surface area contributed by atoms with Crippen LogP contribution in [0, 0.1) is 5.82 Å². The second-order valence-electron chi connectivity index (χ2n) is 11.5. The Morgan fingerprint density at radius 3 is 2.58 bits per heavy atom. The molecule has 2 heterocycles. The SMILES string of the molecule is COc1cc2ncnc(Nc3ccc(OCc4cccc(F)c4)c(Cl)c3)c2cc1C1(CN(C)CCS(=O)(=O)c2ccccc2)CC=CO1. The van der Waals surface area contributed by atoms with Gasteiger partial charge in [-0.25, -0.2) is 22.8 Å². The molecule has 0 amide bonds. The van der Waals surface area contributed by atoms with Crippen LogP contribution < -0.4 is 14.8 Å². The van der Waals surface area contributed by atoms with Crippen molar-refractivity contribution in [3.8, 4) is 11.5 Å². The van der Waals surface area contributed by atoms with Gasteiger partial charge in [-0.15, -0.1) is 0 Å². The summed E-state index contributed by atoms with van der Waals surface area (Å²) >= 11 is 6.56. The lowest BCUT2D eigenvalue weighted by molar-refractivity contribution is 0.0104. The fraction of sp³-hybridized carbons (Fsp3) is 0.222. The third-order valence-electron chi connectivity index (χ3n) is 8.13. The summed E-state index contributed by atoms with van der Waals surface area (Å²) < 4.78 is 57.4. The molecule has 4 aromatic carbocycles. The van der Waals surface area contributed by atoms with Gasteiger partial charge in [-0.05, 0) is 67.2 Å². The van der Waals surface area contributed by atoms with Gasteiger partial charge in [0, 0.05) is 42.2 Å². The molecule has 0 spiro atoms. The molecule has 1 aliphatic heterocycles. The molecule has 12 heteroatoms. The van der Waals surface area contributed by atoms with Crippen LogP contribution in [0.3, 0.4) is 0 Å². The van der Waals surface area contributed by atoms with E-state index in [9.17, 15) is 12.8 Å². The number of benzene rings is 4. The second kappa shape index (κ2) is 14.2. The molecule has 9 nitrogen and oxygen atoms in total. The van der Waals surface area contributed by atoms with Crippen molar-refractivity contribution in [2.45, 2.75) is 23.5 Å². The molecular weight excluding hydrogens is 655 g/mol. The summed E-state index contributed by atoms with van der Waals surface area (Å²) in [6, 6.07) is 23.7. The van der Waals surface area contributed by atoms with E-state index in [0.717, 1.165) is 10.9 Å². The molecule has 6 rings (SSSR count). The van der Waals surface area contributed by atoms with Gasteiger partial charge in [0.25, 0.3) is 0 Å². The number of fused-ring (bicyclic) bond motifs is 1. The Morgan fingerprint density at radius 2 is 1.85 bits per heavy atom. The highest BCUT2D eigenvalue weighted by molar-refractivity contribution is 7.91. The van der Waals surface area contributed by atoms with Crippen LogP contribution in [0.15, 0.2) is 108 Å². The van der Waals surface area contributed by atoms with Gasteiger partial charge in [-0.3, -0.25) is 0 Å². The van der Waals surface area contributed by atoms with Gasteiger partial charge in [-0.2, -0.15) is 0 Å². The van der Waals surface area contributed by atoms with Gasteiger partial charge in [-0.1, -0.05) is 41.9 Å². The Balaban J connectivity index is 1.24. The van der Waals surface area contributed by atoms with Crippen molar-refractivity contribution >= 4 is 43.8 Å². The molecule has 0 saturated heterocycles. The average Bonchev–Trinajstić information content (AvgIpc) is 3.56. The summed E-state index contributed by atoms with van der Waals surface area (Å²) in [6.07, 6.45) is 5.62. The van der Waals surface area contributed by atoms with Crippen LogP contribution in [-0.2, 0) is 26.8 Å². The quantitative estimate of drug-likeness (QED) is 0.137. The maximum absolute atomic E-state index is 13.6. The molecule has 0 radical (unpaired) electrons. The average molecular weight is 689 g/mol. The monoisotopic (exact) mass is 688 g/mol. The molecule has 48 heavy (non-hydrogen) atoms. The highest BCUT2D eigenvalue weighted by atomic mass is 35.5. The molecule has 1 N–H and O–H groups in total.